The maximum atomic E-state index is 12.8. The van der Waals surface area contributed by atoms with Crippen molar-refractivity contribution in [3.63, 3.8) is 0 Å². The van der Waals surface area contributed by atoms with Crippen LogP contribution < -0.4 is 10.1 Å². The van der Waals surface area contributed by atoms with E-state index >= 15 is 0 Å². The maximum absolute atomic E-state index is 12.8. The van der Waals surface area contributed by atoms with Gasteiger partial charge < -0.3 is 10.1 Å². The molecule has 6 nitrogen and oxygen atoms in total. The number of rotatable bonds is 3. The standard InChI is InChI=1S/C20H15F3N4O2S/c1-11(28)26-19-27-18-15(3-2-4-16(18)30-19)29-17-9-14(24-10-25-17)12-5-7-13(8-6-12)20(21,22)23/h2-3,5-10,16H,4H2,1H3,(H,26,27,28). The van der Waals surface area contributed by atoms with Crippen LogP contribution in [0.1, 0.15) is 18.9 Å². The minimum Gasteiger partial charge on any atom is -0.437 e. The number of nitrogens with zero attached hydrogens (tertiary/aromatic N) is 3. The quantitative estimate of drug-likeness (QED) is 0.782. The molecule has 1 atom stereocenters. The summed E-state index contributed by atoms with van der Waals surface area (Å²) in [4.78, 5) is 23.9. The topological polar surface area (TPSA) is 76.5 Å². The van der Waals surface area contributed by atoms with E-state index in [0.29, 0.717) is 27.9 Å². The van der Waals surface area contributed by atoms with Crippen molar-refractivity contribution in [1.82, 2.24) is 15.3 Å². The van der Waals surface area contributed by atoms with Crippen molar-refractivity contribution in [2.45, 2.75) is 24.8 Å². The van der Waals surface area contributed by atoms with Gasteiger partial charge in [0.1, 0.15) is 6.33 Å². The van der Waals surface area contributed by atoms with E-state index in [1.54, 1.807) is 12.1 Å². The summed E-state index contributed by atoms with van der Waals surface area (Å²) in [5, 5.41) is 3.22. The first-order chi connectivity index (χ1) is 14.3. The number of benzene rings is 1. The molecule has 1 N–H and O–H groups in total. The lowest BCUT2D eigenvalue weighted by Gasteiger charge is -2.16. The monoisotopic (exact) mass is 432 g/mol. The fourth-order valence-corrected chi connectivity index (χ4v) is 4.06. The molecule has 10 heteroatoms. The predicted octanol–water partition coefficient (Wildman–Crippen LogP) is 4.32. The van der Waals surface area contributed by atoms with Crippen LogP contribution in [0, 0.1) is 0 Å². The number of allylic oxidation sites excluding steroid dienone is 2. The molecule has 0 fully saturated rings. The molecule has 2 aromatic rings. The molecule has 1 aromatic carbocycles. The third kappa shape index (κ3) is 4.38. The molecule has 30 heavy (non-hydrogen) atoms. The average Bonchev–Trinajstić information content (AvgIpc) is 3.10. The Hall–Kier alpha value is -3.14. The molecule has 154 valence electrons. The van der Waals surface area contributed by atoms with Crippen molar-refractivity contribution in [2.75, 3.05) is 0 Å². The summed E-state index contributed by atoms with van der Waals surface area (Å²) < 4.78 is 44.2. The Morgan fingerprint density at radius 3 is 2.70 bits per heavy atom. The van der Waals surface area contributed by atoms with Gasteiger partial charge in [0.25, 0.3) is 0 Å². The molecule has 0 radical (unpaired) electrons. The van der Waals surface area contributed by atoms with Crippen LogP contribution >= 0.6 is 11.8 Å². The number of halogens is 3. The minimum atomic E-state index is -4.40. The van der Waals surface area contributed by atoms with E-state index in [9.17, 15) is 18.0 Å². The number of amides is 1. The first kappa shape index (κ1) is 20.1. The largest absolute Gasteiger partial charge is 0.437 e. The van der Waals surface area contributed by atoms with Crippen molar-refractivity contribution >= 4 is 22.8 Å². The summed E-state index contributed by atoms with van der Waals surface area (Å²) in [5.41, 5.74) is 0.904. The highest BCUT2D eigenvalue weighted by Gasteiger charge is 2.31. The van der Waals surface area contributed by atoms with Gasteiger partial charge in [-0.05, 0) is 24.6 Å². The van der Waals surface area contributed by atoms with Gasteiger partial charge in [-0.25, -0.2) is 15.0 Å². The van der Waals surface area contributed by atoms with Crippen molar-refractivity contribution < 1.29 is 22.7 Å². The zero-order valence-electron chi connectivity index (χ0n) is 15.6. The number of carbonyl (C=O) groups excluding carboxylic acids is 1. The summed E-state index contributed by atoms with van der Waals surface area (Å²) in [5.74, 6) is 0.532. The molecule has 1 aromatic heterocycles. The SMILES string of the molecule is CC(=O)NC1=NC2=C(Oc3cc(-c4ccc(C(F)(F)F)cc4)ncn3)C=CCC2S1. The number of alkyl halides is 3. The number of thioether (sulfide) groups is 1. The third-order valence-electron chi connectivity index (χ3n) is 4.30. The second-order valence-corrected chi connectivity index (χ2v) is 7.70. The van der Waals surface area contributed by atoms with E-state index in [1.165, 1.54) is 37.1 Å². The van der Waals surface area contributed by atoms with E-state index in [1.807, 2.05) is 6.08 Å². The maximum Gasteiger partial charge on any atom is 0.416 e. The first-order valence-electron chi connectivity index (χ1n) is 8.91. The van der Waals surface area contributed by atoms with Crippen LogP contribution in [0.4, 0.5) is 13.2 Å². The molecule has 2 heterocycles. The number of hydrogen-bond donors (Lipinski definition) is 1. The Balaban J connectivity index is 1.58. The van der Waals surface area contributed by atoms with Crippen molar-refractivity contribution in [3.8, 4) is 17.1 Å². The van der Waals surface area contributed by atoms with Crippen LogP contribution in [0.25, 0.3) is 11.3 Å². The molecule has 0 saturated heterocycles. The normalized spacial score (nSPS) is 18.1. The van der Waals surface area contributed by atoms with E-state index in [2.05, 4.69) is 20.3 Å². The van der Waals surface area contributed by atoms with Gasteiger partial charge in [0.05, 0.1) is 22.2 Å². The van der Waals surface area contributed by atoms with E-state index in [4.69, 9.17) is 4.74 Å². The van der Waals surface area contributed by atoms with E-state index in [-0.39, 0.29) is 17.0 Å². The average molecular weight is 432 g/mol. The summed E-state index contributed by atoms with van der Waals surface area (Å²) in [6.45, 7) is 1.42. The van der Waals surface area contributed by atoms with E-state index in [0.717, 1.165) is 18.6 Å². The summed E-state index contributed by atoms with van der Waals surface area (Å²) in [6.07, 6.45) is 1.37. The fraction of sp³-hybridized carbons (Fsp3) is 0.200. The highest BCUT2D eigenvalue weighted by Crippen LogP contribution is 2.37. The van der Waals surface area contributed by atoms with Gasteiger partial charge in [-0.3, -0.25) is 4.79 Å². The summed E-state index contributed by atoms with van der Waals surface area (Å²) >= 11 is 1.44. The minimum absolute atomic E-state index is 0.0306. The zero-order valence-corrected chi connectivity index (χ0v) is 16.4. The van der Waals surface area contributed by atoms with Gasteiger partial charge in [0.15, 0.2) is 10.9 Å². The lowest BCUT2D eigenvalue weighted by atomic mass is 10.1. The molecule has 2 aliphatic rings. The van der Waals surface area contributed by atoms with Gasteiger partial charge in [0.2, 0.25) is 11.8 Å². The van der Waals surface area contributed by atoms with Gasteiger partial charge >= 0.3 is 6.18 Å². The summed E-state index contributed by atoms with van der Waals surface area (Å²) in [7, 11) is 0. The second-order valence-electron chi connectivity index (χ2n) is 6.51. The van der Waals surface area contributed by atoms with Gasteiger partial charge in [-0.1, -0.05) is 30.0 Å². The molecule has 4 rings (SSSR count). The molecule has 0 saturated carbocycles. The number of fused-ring (bicyclic) bond motifs is 1. The van der Waals surface area contributed by atoms with Gasteiger partial charge in [-0.2, -0.15) is 13.2 Å². The van der Waals surface area contributed by atoms with Gasteiger partial charge in [0, 0.05) is 18.6 Å². The van der Waals surface area contributed by atoms with Crippen LogP contribution in [0.3, 0.4) is 0 Å². The zero-order chi connectivity index (χ0) is 21.3. The van der Waals surface area contributed by atoms with Crippen molar-refractivity contribution in [1.29, 1.82) is 0 Å². The van der Waals surface area contributed by atoms with Crippen LogP contribution in [0.15, 0.2) is 65.3 Å². The Kier molecular flexibility index (Phi) is 5.33. The molecular formula is C20H15F3N4O2S. The van der Waals surface area contributed by atoms with Crippen molar-refractivity contribution in [3.05, 3.63) is 65.8 Å². The fourth-order valence-electron chi connectivity index (χ4n) is 2.95. The highest BCUT2D eigenvalue weighted by molar-refractivity contribution is 8.14. The first-order valence-corrected chi connectivity index (χ1v) is 9.79. The number of amidine groups is 1. The molecule has 1 amide bonds. The Morgan fingerprint density at radius 2 is 2.00 bits per heavy atom. The number of ether oxygens (including phenoxy) is 1. The number of nitrogens with one attached hydrogen (secondary N) is 1. The third-order valence-corrected chi connectivity index (χ3v) is 5.42. The lowest BCUT2D eigenvalue weighted by molar-refractivity contribution is -0.137. The van der Waals surface area contributed by atoms with Crippen LogP contribution in [0.5, 0.6) is 5.88 Å². The Bertz CT molecular complexity index is 1080. The smallest absolute Gasteiger partial charge is 0.416 e. The molecule has 1 aliphatic heterocycles. The van der Waals surface area contributed by atoms with E-state index < -0.39 is 11.7 Å². The number of aromatic nitrogens is 2. The van der Waals surface area contributed by atoms with Crippen LogP contribution in [-0.2, 0) is 11.0 Å². The van der Waals surface area contributed by atoms with Crippen LogP contribution in [-0.4, -0.2) is 26.3 Å². The molecule has 0 bridgehead atoms. The molecule has 0 spiro atoms. The predicted molar refractivity (Wildman–Crippen MR) is 107 cm³/mol. The molecule has 1 unspecified atom stereocenters. The lowest BCUT2D eigenvalue weighted by Crippen LogP contribution is -2.24. The second kappa shape index (κ2) is 7.94. The Labute approximate surface area is 174 Å². The number of hydrogen-bond acceptors (Lipinski definition) is 6. The highest BCUT2D eigenvalue weighted by atomic mass is 32.2. The Morgan fingerprint density at radius 1 is 1.23 bits per heavy atom. The summed E-state index contributed by atoms with van der Waals surface area (Å²) in [6, 6.07) is 6.26. The number of carbonyl (C=O) groups is 1. The van der Waals surface area contributed by atoms with Crippen molar-refractivity contribution in [2.24, 2.45) is 4.99 Å². The molecular weight excluding hydrogens is 417 g/mol. The van der Waals surface area contributed by atoms with Crippen LogP contribution in [0.2, 0.25) is 0 Å². The van der Waals surface area contributed by atoms with Gasteiger partial charge in [-0.15, -0.1) is 0 Å². The number of aliphatic imine (C=N–C) groups is 1. The molecule has 1 aliphatic carbocycles.